The van der Waals surface area contributed by atoms with Gasteiger partial charge in [-0.2, -0.15) is 0 Å². The Hall–Kier alpha value is -0.750. The van der Waals surface area contributed by atoms with E-state index in [-0.39, 0.29) is 29.4 Å². The zero-order valence-corrected chi connectivity index (χ0v) is 12.3. The number of hydrogen-bond acceptors (Lipinski definition) is 5. The number of carbonyl (C=O) groups excluding carboxylic acids is 2. The SMILES string of the molecule is CCC(C)C(NC(=O)CSC(C)CO)C(=O)OC. The number of esters is 1. The van der Waals surface area contributed by atoms with E-state index in [0.717, 1.165) is 6.42 Å². The molecule has 0 spiro atoms. The van der Waals surface area contributed by atoms with Crippen molar-refractivity contribution in [3.63, 3.8) is 0 Å². The molecule has 0 saturated carbocycles. The Kier molecular flexibility index (Phi) is 8.83. The molecule has 0 radical (unpaired) electrons. The van der Waals surface area contributed by atoms with E-state index in [1.54, 1.807) is 0 Å². The molecule has 5 nitrogen and oxygen atoms in total. The number of aliphatic hydroxyl groups excluding tert-OH is 1. The number of nitrogens with one attached hydrogen (secondary N) is 1. The lowest BCUT2D eigenvalue weighted by molar-refractivity contribution is -0.146. The van der Waals surface area contributed by atoms with Crippen LogP contribution in [-0.2, 0) is 14.3 Å². The van der Waals surface area contributed by atoms with Gasteiger partial charge < -0.3 is 15.2 Å². The first kappa shape index (κ1) is 17.2. The Morgan fingerprint density at radius 1 is 1.39 bits per heavy atom. The maximum Gasteiger partial charge on any atom is 0.328 e. The lowest BCUT2D eigenvalue weighted by atomic mass is 9.99. The van der Waals surface area contributed by atoms with Crippen molar-refractivity contribution in [2.75, 3.05) is 19.5 Å². The molecule has 0 aromatic rings. The molecule has 0 bridgehead atoms. The van der Waals surface area contributed by atoms with Crippen LogP contribution in [0.25, 0.3) is 0 Å². The minimum Gasteiger partial charge on any atom is -0.467 e. The van der Waals surface area contributed by atoms with Crippen molar-refractivity contribution in [2.24, 2.45) is 5.92 Å². The maximum atomic E-state index is 11.7. The van der Waals surface area contributed by atoms with E-state index in [9.17, 15) is 9.59 Å². The van der Waals surface area contributed by atoms with Crippen LogP contribution in [0.1, 0.15) is 27.2 Å². The monoisotopic (exact) mass is 277 g/mol. The molecular weight excluding hydrogens is 254 g/mol. The molecule has 3 unspecified atom stereocenters. The third-order valence-electron chi connectivity index (χ3n) is 2.74. The Balaban J connectivity index is 4.31. The van der Waals surface area contributed by atoms with Gasteiger partial charge in [-0.15, -0.1) is 11.8 Å². The molecule has 0 aliphatic carbocycles. The lowest BCUT2D eigenvalue weighted by Gasteiger charge is -2.22. The molecule has 0 rings (SSSR count). The summed E-state index contributed by atoms with van der Waals surface area (Å²) < 4.78 is 4.68. The van der Waals surface area contributed by atoms with Gasteiger partial charge in [0.1, 0.15) is 6.04 Å². The Morgan fingerprint density at radius 3 is 2.44 bits per heavy atom. The van der Waals surface area contributed by atoms with Gasteiger partial charge in [-0.05, 0) is 5.92 Å². The maximum absolute atomic E-state index is 11.7. The van der Waals surface area contributed by atoms with Crippen molar-refractivity contribution in [1.82, 2.24) is 5.32 Å². The zero-order valence-electron chi connectivity index (χ0n) is 11.4. The standard InChI is InChI=1S/C12H23NO4S/c1-5-8(2)11(12(16)17-4)13-10(15)7-18-9(3)6-14/h8-9,11,14H,5-7H2,1-4H3,(H,13,15). The van der Waals surface area contributed by atoms with Crippen LogP contribution in [0.3, 0.4) is 0 Å². The fourth-order valence-corrected chi connectivity index (χ4v) is 1.91. The number of aliphatic hydroxyl groups is 1. The molecule has 3 atom stereocenters. The van der Waals surface area contributed by atoms with Gasteiger partial charge in [0.05, 0.1) is 19.5 Å². The Bertz CT molecular complexity index is 273. The first-order valence-corrected chi connectivity index (χ1v) is 7.10. The lowest BCUT2D eigenvalue weighted by Crippen LogP contribution is -2.46. The fourth-order valence-electron chi connectivity index (χ4n) is 1.28. The van der Waals surface area contributed by atoms with E-state index in [1.807, 2.05) is 20.8 Å². The van der Waals surface area contributed by atoms with Crippen molar-refractivity contribution >= 4 is 23.6 Å². The van der Waals surface area contributed by atoms with Crippen LogP contribution < -0.4 is 5.32 Å². The van der Waals surface area contributed by atoms with Crippen molar-refractivity contribution in [2.45, 2.75) is 38.5 Å². The normalized spacial score (nSPS) is 15.6. The summed E-state index contributed by atoms with van der Waals surface area (Å²) in [5.41, 5.74) is 0. The number of methoxy groups -OCH3 is 1. The molecule has 0 heterocycles. The van der Waals surface area contributed by atoms with Crippen molar-refractivity contribution in [1.29, 1.82) is 0 Å². The molecule has 0 aromatic carbocycles. The Morgan fingerprint density at radius 2 is 2.00 bits per heavy atom. The second kappa shape index (κ2) is 9.22. The molecule has 2 N–H and O–H groups in total. The van der Waals surface area contributed by atoms with Crippen LogP contribution in [-0.4, -0.2) is 47.7 Å². The number of hydrogen-bond donors (Lipinski definition) is 2. The van der Waals surface area contributed by atoms with Gasteiger partial charge in [0.15, 0.2) is 0 Å². The van der Waals surface area contributed by atoms with Gasteiger partial charge in [0.25, 0.3) is 0 Å². The van der Waals surface area contributed by atoms with E-state index >= 15 is 0 Å². The topological polar surface area (TPSA) is 75.6 Å². The minimum absolute atomic E-state index is 0.0101. The molecule has 6 heteroatoms. The quantitative estimate of drug-likeness (QED) is 0.642. The molecule has 106 valence electrons. The third kappa shape index (κ3) is 6.26. The predicted octanol–water partition coefficient (Wildman–Crippen LogP) is 0.804. The predicted molar refractivity (Wildman–Crippen MR) is 72.4 cm³/mol. The number of amides is 1. The summed E-state index contributed by atoms with van der Waals surface area (Å²) in [7, 11) is 1.31. The van der Waals surface area contributed by atoms with E-state index in [4.69, 9.17) is 5.11 Å². The van der Waals surface area contributed by atoms with Crippen molar-refractivity contribution in [3.05, 3.63) is 0 Å². The van der Waals surface area contributed by atoms with Gasteiger partial charge in [0, 0.05) is 5.25 Å². The number of rotatable bonds is 8. The van der Waals surface area contributed by atoms with Crippen LogP contribution in [0.5, 0.6) is 0 Å². The van der Waals surface area contributed by atoms with Crippen LogP contribution >= 0.6 is 11.8 Å². The zero-order chi connectivity index (χ0) is 14.1. The first-order valence-electron chi connectivity index (χ1n) is 6.05. The average Bonchev–Trinajstić information content (AvgIpc) is 2.40. The summed E-state index contributed by atoms with van der Waals surface area (Å²) in [6.07, 6.45) is 0.778. The molecule has 0 aromatic heterocycles. The van der Waals surface area contributed by atoms with Crippen LogP contribution in [0.4, 0.5) is 0 Å². The molecular formula is C12H23NO4S. The van der Waals surface area contributed by atoms with Crippen molar-refractivity contribution in [3.8, 4) is 0 Å². The average molecular weight is 277 g/mol. The number of thioether (sulfide) groups is 1. The van der Waals surface area contributed by atoms with Gasteiger partial charge in [-0.1, -0.05) is 27.2 Å². The van der Waals surface area contributed by atoms with E-state index in [0.29, 0.717) is 0 Å². The second-order valence-corrected chi connectivity index (χ2v) is 5.68. The fraction of sp³-hybridized carbons (Fsp3) is 0.833. The summed E-state index contributed by atoms with van der Waals surface area (Å²) in [6.45, 7) is 5.72. The van der Waals surface area contributed by atoms with Gasteiger partial charge in [0.2, 0.25) is 5.91 Å². The molecule has 0 fully saturated rings. The number of carbonyl (C=O) groups is 2. The molecule has 0 aliphatic heterocycles. The summed E-state index contributed by atoms with van der Waals surface area (Å²) in [4.78, 5) is 23.3. The van der Waals surface area contributed by atoms with Gasteiger partial charge >= 0.3 is 5.97 Å². The molecule has 1 amide bonds. The number of ether oxygens (including phenoxy) is 1. The smallest absolute Gasteiger partial charge is 0.328 e. The van der Waals surface area contributed by atoms with Gasteiger partial charge in [-0.25, -0.2) is 4.79 Å². The van der Waals surface area contributed by atoms with E-state index in [1.165, 1.54) is 18.9 Å². The second-order valence-electron chi connectivity index (χ2n) is 4.26. The molecule has 0 saturated heterocycles. The molecule has 18 heavy (non-hydrogen) atoms. The highest BCUT2D eigenvalue weighted by Crippen LogP contribution is 2.12. The van der Waals surface area contributed by atoms with Gasteiger partial charge in [-0.3, -0.25) is 4.79 Å². The molecule has 0 aliphatic rings. The summed E-state index contributed by atoms with van der Waals surface area (Å²) in [6, 6.07) is -0.600. The van der Waals surface area contributed by atoms with E-state index < -0.39 is 12.0 Å². The first-order chi connectivity index (χ1) is 8.46. The van der Waals surface area contributed by atoms with Crippen LogP contribution in [0.2, 0.25) is 0 Å². The minimum atomic E-state index is -0.600. The highest BCUT2D eigenvalue weighted by atomic mass is 32.2. The van der Waals surface area contributed by atoms with Crippen molar-refractivity contribution < 1.29 is 19.4 Å². The third-order valence-corrected chi connectivity index (χ3v) is 3.89. The van der Waals surface area contributed by atoms with Crippen LogP contribution in [0, 0.1) is 5.92 Å². The highest BCUT2D eigenvalue weighted by Gasteiger charge is 2.26. The highest BCUT2D eigenvalue weighted by molar-refractivity contribution is 8.00. The van der Waals surface area contributed by atoms with E-state index in [2.05, 4.69) is 10.1 Å². The summed E-state index contributed by atoms with van der Waals surface area (Å²) in [5.74, 6) is -0.373. The summed E-state index contributed by atoms with van der Waals surface area (Å²) >= 11 is 1.35. The Labute approximate surface area is 113 Å². The largest absolute Gasteiger partial charge is 0.467 e. The summed E-state index contributed by atoms with van der Waals surface area (Å²) in [5, 5.41) is 11.5. The van der Waals surface area contributed by atoms with Crippen LogP contribution in [0.15, 0.2) is 0 Å².